The molecule has 0 amide bonds. The lowest BCUT2D eigenvalue weighted by molar-refractivity contribution is -0.384. The smallest absolute Gasteiger partial charge is 0.334 e. The first-order valence-corrected chi connectivity index (χ1v) is 9.21. The van der Waals surface area contributed by atoms with Gasteiger partial charge in [0.1, 0.15) is 0 Å². The van der Waals surface area contributed by atoms with Crippen LogP contribution < -0.4 is 0 Å². The highest BCUT2D eigenvalue weighted by Crippen LogP contribution is 2.20. The SMILES string of the molecule is COC(=O)/C(=C\c1cccc([N+](=O)[O-])c1)CS(=O)(=O)c1ccc(C)cc1. The van der Waals surface area contributed by atoms with E-state index in [2.05, 4.69) is 4.74 Å². The molecule has 0 bridgehead atoms. The van der Waals surface area contributed by atoms with Crippen molar-refractivity contribution in [1.82, 2.24) is 0 Å². The van der Waals surface area contributed by atoms with Crippen LogP contribution in [-0.2, 0) is 19.4 Å². The number of nitro benzene ring substituents is 1. The number of carbonyl (C=O) groups excluding carboxylic acids is 1. The summed E-state index contributed by atoms with van der Waals surface area (Å²) >= 11 is 0. The molecular weight excluding hydrogens is 358 g/mol. The molecule has 26 heavy (non-hydrogen) atoms. The van der Waals surface area contributed by atoms with Crippen LogP contribution in [0.25, 0.3) is 6.08 Å². The summed E-state index contributed by atoms with van der Waals surface area (Å²) in [6.45, 7) is 1.83. The highest BCUT2D eigenvalue weighted by molar-refractivity contribution is 7.91. The van der Waals surface area contributed by atoms with Crippen molar-refractivity contribution < 1.29 is 22.9 Å². The van der Waals surface area contributed by atoms with Crippen LogP contribution in [0.4, 0.5) is 5.69 Å². The molecule has 2 rings (SSSR count). The molecule has 7 nitrogen and oxygen atoms in total. The maximum absolute atomic E-state index is 12.6. The van der Waals surface area contributed by atoms with Gasteiger partial charge >= 0.3 is 5.97 Å². The Hall–Kier alpha value is -3.00. The number of carbonyl (C=O) groups is 1. The molecular formula is C18H17NO6S. The zero-order valence-corrected chi connectivity index (χ0v) is 15.0. The number of ether oxygens (including phenoxy) is 1. The van der Waals surface area contributed by atoms with Crippen LogP contribution in [0.1, 0.15) is 11.1 Å². The van der Waals surface area contributed by atoms with Crippen molar-refractivity contribution in [3.05, 3.63) is 75.3 Å². The number of esters is 1. The molecule has 136 valence electrons. The van der Waals surface area contributed by atoms with Gasteiger partial charge in [0, 0.05) is 12.1 Å². The number of sulfone groups is 1. The molecule has 2 aromatic rings. The van der Waals surface area contributed by atoms with Crippen molar-refractivity contribution in [2.45, 2.75) is 11.8 Å². The molecule has 8 heteroatoms. The Morgan fingerprint density at radius 1 is 1.19 bits per heavy atom. The summed E-state index contributed by atoms with van der Waals surface area (Å²) in [5, 5.41) is 10.9. The Labute approximate surface area is 151 Å². The van der Waals surface area contributed by atoms with Gasteiger partial charge in [-0.25, -0.2) is 13.2 Å². The lowest BCUT2D eigenvalue weighted by Crippen LogP contribution is -2.16. The number of aryl methyl sites for hydroxylation is 1. The van der Waals surface area contributed by atoms with Gasteiger partial charge in [-0.15, -0.1) is 0 Å². The monoisotopic (exact) mass is 375 g/mol. The van der Waals surface area contributed by atoms with Gasteiger partial charge in [0.25, 0.3) is 5.69 Å². The average Bonchev–Trinajstić information content (AvgIpc) is 2.61. The van der Waals surface area contributed by atoms with Crippen LogP contribution in [0.15, 0.2) is 59.0 Å². The summed E-state index contributed by atoms with van der Waals surface area (Å²) in [4.78, 5) is 22.4. The van der Waals surface area contributed by atoms with Gasteiger partial charge in [0.15, 0.2) is 9.84 Å². The van der Waals surface area contributed by atoms with E-state index in [0.717, 1.165) is 12.7 Å². The van der Waals surface area contributed by atoms with Crippen molar-refractivity contribution >= 4 is 27.6 Å². The average molecular weight is 375 g/mol. The molecule has 0 N–H and O–H groups in total. The summed E-state index contributed by atoms with van der Waals surface area (Å²) in [6, 6.07) is 11.8. The van der Waals surface area contributed by atoms with Gasteiger partial charge in [-0.05, 0) is 30.7 Å². The number of non-ortho nitro benzene ring substituents is 1. The predicted octanol–water partition coefficient (Wildman–Crippen LogP) is 2.93. The molecule has 0 heterocycles. The van der Waals surface area contributed by atoms with Crippen LogP contribution in [-0.4, -0.2) is 32.2 Å². The van der Waals surface area contributed by atoms with E-state index in [9.17, 15) is 23.3 Å². The summed E-state index contributed by atoms with van der Waals surface area (Å²) < 4.78 is 29.8. The molecule has 0 aliphatic carbocycles. The van der Waals surface area contributed by atoms with Gasteiger partial charge in [0.2, 0.25) is 0 Å². The maximum atomic E-state index is 12.6. The largest absolute Gasteiger partial charge is 0.466 e. The summed E-state index contributed by atoms with van der Waals surface area (Å²) in [5.74, 6) is -1.39. The second-order valence-corrected chi connectivity index (χ2v) is 7.57. The Morgan fingerprint density at radius 3 is 2.42 bits per heavy atom. The fraction of sp³-hybridized carbons (Fsp3) is 0.167. The topological polar surface area (TPSA) is 104 Å². The van der Waals surface area contributed by atoms with E-state index in [-0.39, 0.29) is 16.2 Å². The minimum Gasteiger partial charge on any atom is -0.466 e. The van der Waals surface area contributed by atoms with Crippen LogP contribution in [0.2, 0.25) is 0 Å². The number of nitrogens with zero attached hydrogens (tertiary/aromatic N) is 1. The van der Waals surface area contributed by atoms with Crippen molar-refractivity contribution in [2.24, 2.45) is 0 Å². The molecule has 0 saturated heterocycles. The fourth-order valence-electron chi connectivity index (χ4n) is 2.25. The quantitative estimate of drug-likeness (QED) is 0.333. The highest BCUT2D eigenvalue weighted by atomic mass is 32.2. The van der Waals surface area contributed by atoms with Crippen molar-refractivity contribution in [3.8, 4) is 0 Å². The minimum absolute atomic E-state index is 0.0805. The summed E-state index contributed by atoms with van der Waals surface area (Å²) in [7, 11) is -2.64. The first-order valence-electron chi connectivity index (χ1n) is 7.56. The lowest BCUT2D eigenvalue weighted by atomic mass is 10.1. The van der Waals surface area contributed by atoms with E-state index >= 15 is 0 Å². The van der Waals surface area contributed by atoms with Crippen LogP contribution in [0.5, 0.6) is 0 Å². The second kappa shape index (κ2) is 7.92. The third kappa shape index (κ3) is 4.76. The molecule has 0 atom stereocenters. The van der Waals surface area contributed by atoms with E-state index in [1.165, 1.54) is 42.5 Å². The normalized spacial score (nSPS) is 11.8. The van der Waals surface area contributed by atoms with E-state index in [4.69, 9.17) is 0 Å². The number of benzene rings is 2. The first-order chi connectivity index (χ1) is 12.2. The molecule has 0 radical (unpaired) electrons. The molecule has 0 aromatic heterocycles. The molecule has 0 spiro atoms. The maximum Gasteiger partial charge on any atom is 0.334 e. The fourth-order valence-corrected chi connectivity index (χ4v) is 3.58. The third-order valence-electron chi connectivity index (χ3n) is 3.60. The predicted molar refractivity (Wildman–Crippen MR) is 96.3 cm³/mol. The van der Waals surface area contributed by atoms with E-state index in [0.29, 0.717) is 5.56 Å². The molecule has 0 fully saturated rings. The zero-order chi connectivity index (χ0) is 19.3. The second-order valence-electron chi connectivity index (χ2n) is 5.59. The molecule has 2 aromatic carbocycles. The van der Waals surface area contributed by atoms with Crippen molar-refractivity contribution in [1.29, 1.82) is 0 Å². The lowest BCUT2D eigenvalue weighted by Gasteiger charge is -2.08. The summed E-state index contributed by atoms with van der Waals surface area (Å²) in [6.07, 6.45) is 1.28. The van der Waals surface area contributed by atoms with Gasteiger partial charge < -0.3 is 4.74 Å². The van der Waals surface area contributed by atoms with Crippen LogP contribution >= 0.6 is 0 Å². The minimum atomic E-state index is -3.78. The first kappa shape index (κ1) is 19.3. The highest BCUT2D eigenvalue weighted by Gasteiger charge is 2.22. The Balaban J connectivity index is 2.42. The van der Waals surface area contributed by atoms with Gasteiger partial charge in [0.05, 0.1) is 28.3 Å². The van der Waals surface area contributed by atoms with Crippen LogP contribution in [0, 0.1) is 17.0 Å². The zero-order valence-electron chi connectivity index (χ0n) is 14.2. The summed E-state index contributed by atoms with van der Waals surface area (Å²) in [5.41, 5.74) is 0.959. The number of hydrogen-bond acceptors (Lipinski definition) is 6. The van der Waals surface area contributed by atoms with Crippen molar-refractivity contribution in [3.63, 3.8) is 0 Å². The number of nitro groups is 1. The van der Waals surface area contributed by atoms with Crippen molar-refractivity contribution in [2.75, 3.05) is 12.9 Å². The molecule has 0 aliphatic heterocycles. The number of methoxy groups -OCH3 is 1. The molecule has 0 unspecified atom stereocenters. The third-order valence-corrected chi connectivity index (χ3v) is 5.28. The van der Waals surface area contributed by atoms with Crippen LogP contribution in [0.3, 0.4) is 0 Å². The van der Waals surface area contributed by atoms with Gasteiger partial charge in [-0.1, -0.05) is 29.8 Å². The van der Waals surface area contributed by atoms with Gasteiger partial charge in [-0.3, -0.25) is 10.1 Å². The Kier molecular flexibility index (Phi) is 5.89. The molecule has 0 saturated carbocycles. The van der Waals surface area contributed by atoms with E-state index in [1.807, 2.05) is 6.92 Å². The Bertz CT molecular complexity index is 961. The Morgan fingerprint density at radius 2 is 1.85 bits per heavy atom. The van der Waals surface area contributed by atoms with Gasteiger partial charge in [-0.2, -0.15) is 0 Å². The van der Waals surface area contributed by atoms with E-state index in [1.54, 1.807) is 12.1 Å². The number of rotatable bonds is 6. The number of hydrogen-bond donors (Lipinski definition) is 0. The standard InChI is InChI=1S/C18H17NO6S/c1-13-6-8-17(9-7-13)26(23,24)12-15(18(20)25-2)10-14-4-3-5-16(11-14)19(21)22/h3-11H,12H2,1-2H3/b15-10-. The van der Waals surface area contributed by atoms with E-state index < -0.39 is 26.5 Å². The molecule has 0 aliphatic rings.